The van der Waals surface area contributed by atoms with E-state index in [2.05, 4.69) is 15.4 Å². The molecule has 0 aliphatic heterocycles. The third-order valence-corrected chi connectivity index (χ3v) is 7.54. The minimum Gasteiger partial charge on any atom is -0.497 e. The van der Waals surface area contributed by atoms with Gasteiger partial charge >= 0.3 is 6.18 Å². The molecular formula is C28H28F3N3O4S. The SMILES string of the molecule is COc1ccc(NC(=O)c2cc(C(=O)NS(=O)c3ccccc3C(F)(F)F)ccc2NC2CCCCC2)cc1. The van der Waals surface area contributed by atoms with E-state index < -0.39 is 39.4 Å². The Morgan fingerprint density at radius 3 is 2.28 bits per heavy atom. The van der Waals surface area contributed by atoms with Gasteiger partial charge in [-0.25, -0.2) is 4.21 Å². The van der Waals surface area contributed by atoms with E-state index in [1.165, 1.54) is 31.4 Å². The summed E-state index contributed by atoms with van der Waals surface area (Å²) in [5.41, 5.74) is 0.0692. The lowest BCUT2D eigenvalue weighted by Gasteiger charge is -2.25. The number of hydrogen-bond acceptors (Lipinski definition) is 5. The van der Waals surface area contributed by atoms with Crippen LogP contribution in [0.3, 0.4) is 0 Å². The molecule has 1 atom stereocenters. The summed E-state index contributed by atoms with van der Waals surface area (Å²) >= 11 is 0. The normalized spacial score (nSPS) is 14.8. The van der Waals surface area contributed by atoms with Gasteiger partial charge in [0.25, 0.3) is 11.8 Å². The van der Waals surface area contributed by atoms with E-state index in [0.717, 1.165) is 44.2 Å². The van der Waals surface area contributed by atoms with Gasteiger partial charge in [-0.1, -0.05) is 31.4 Å². The molecule has 0 radical (unpaired) electrons. The number of benzene rings is 3. The van der Waals surface area contributed by atoms with Crippen molar-refractivity contribution < 1.29 is 31.7 Å². The van der Waals surface area contributed by atoms with Crippen molar-refractivity contribution in [3.05, 3.63) is 83.4 Å². The number of alkyl halides is 3. The number of rotatable bonds is 8. The summed E-state index contributed by atoms with van der Waals surface area (Å²) in [6, 6.07) is 15.6. The van der Waals surface area contributed by atoms with Crippen LogP contribution in [0.1, 0.15) is 58.4 Å². The number of nitrogens with one attached hydrogen (secondary N) is 3. The molecule has 7 nitrogen and oxygen atoms in total. The molecule has 39 heavy (non-hydrogen) atoms. The molecule has 4 rings (SSSR count). The molecule has 3 N–H and O–H groups in total. The molecule has 2 amide bonds. The van der Waals surface area contributed by atoms with Crippen LogP contribution in [-0.4, -0.2) is 29.2 Å². The Bertz CT molecular complexity index is 1360. The van der Waals surface area contributed by atoms with Crippen molar-refractivity contribution in [3.63, 3.8) is 0 Å². The lowest BCUT2D eigenvalue weighted by atomic mass is 9.95. The van der Waals surface area contributed by atoms with E-state index in [9.17, 15) is 27.0 Å². The lowest BCUT2D eigenvalue weighted by Crippen LogP contribution is -2.28. The number of amides is 2. The Labute approximate surface area is 226 Å². The van der Waals surface area contributed by atoms with Gasteiger partial charge in [0, 0.05) is 23.0 Å². The van der Waals surface area contributed by atoms with Gasteiger partial charge < -0.3 is 15.4 Å². The second-order valence-corrected chi connectivity index (χ2v) is 10.3. The second kappa shape index (κ2) is 12.3. The zero-order chi connectivity index (χ0) is 28.0. The maximum atomic E-state index is 13.4. The highest BCUT2D eigenvalue weighted by Gasteiger charge is 2.35. The minimum atomic E-state index is -4.74. The third kappa shape index (κ3) is 7.17. The average molecular weight is 560 g/mol. The Kier molecular flexibility index (Phi) is 8.90. The molecule has 1 saturated carbocycles. The topological polar surface area (TPSA) is 96.5 Å². The van der Waals surface area contributed by atoms with Crippen LogP contribution in [0.4, 0.5) is 24.5 Å². The molecule has 0 aromatic heterocycles. The molecule has 0 saturated heterocycles. The molecule has 1 fully saturated rings. The van der Waals surface area contributed by atoms with Crippen molar-refractivity contribution in [1.82, 2.24) is 4.72 Å². The molecule has 1 unspecified atom stereocenters. The Morgan fingerprint density at radius 1 is 0.923 bits per heavy atom. The first kappa shape index (κ1) is 28.2. The average Bonchev–Trinajstić information content (AvgIpc) is 2.93. The minimum absolute atomic E-state index is 0.0260. The van der Waals surface area contributed by atoms with E-state index >= 15 is 0 Å². The number of carbonyl (C=O) groups is 2. The van der Waals surface area contributed by atoms with Crippen LogP contribution in [0.15, 0.2) is 71.6 Å². The zero-order valence-corrected chi connectivity index (χ0v) is 22.0. The largest absolute Gasteiger partial charge is 0.497 e. The number of methoxy groups -OCH3 is 1. The van der Waals surface area contributed by atoms with Crippen molar-refractivity contribution in [2.45, 2.75) is 49.2 Å². The van der Waals surface area contributed by atoms with E-state index in [1.54, 1.807) is 30.3 Å². The van der Waals surface area contributed by atoms with E-state index in [1.807, 2.05) is 0 Å². The summed E-state index contributed by atoms with van der Waals surface area (Å²) in [6.07, 6.45) is 0.430. The van der Waals surface area contributed by atoms with Crippen molar-refractivity contribution >= 4 is 34.2 Å². The predicted octanol–water partition coefficient (Wildman–Crippen LogP) is 6.16. The molecule has 1 aliphatic rings. The Balaban J connectivity index is 1.59. The van der Waals surface area contributed by atoms with E-state index in [4.69, 9.17) is 4.74 Å². The standard InChI is InChI=1S/C28H28F3N3O4S/c1-38-21-14-12-20(13-15-21)33-27(36)22-17-18(11-16-24(22)32-19-7-3-2-4-8-19)26(35)34-39(37)25-10-6-5-9-23(25)28(29,30)31/h5-6,9-17,19,32H,2-4,7-8H2,1H3,(H,33,36)(H,34,35). The van der Waals surface area contributed by atoms with Crippen LogP contribution in [0.5, 0.6) is 5.75 Å². The number of anilines is 2. The predicted molar refractivity (Wildman–Crippen MR) is 143 cm³/mol. The van der Waals surface area contributed by atoms with Gasteiger partial charge in [0.2, 0.25) is 0 Å². The molecule has 0 heterocycles. The van der Waals surface area contributed by atoms with Crippen LogP contribution < -0.4 is 20.1 Å². The summed E-state index contributed by atoms with van der Waals surface area (Å²) in [4.78, 5) is 25.7. The molecule has 1 aliphatic carbocycles. The molecule has 206 valence electrons. The lowest BCUT2D eigenvalue weighted by molar-refractivity contribution is -0.139. The van der Waals surface area contributed by atoms with Gasteiger partial charge in [0.1, 0.15) is 5.75 Å². The highest BCUT2D eigenvalue weighted by atomic mass is 32.2. The van der Waals surface area contributed by atoms with Gasteiger partial charge in [-0.3, -0.25) is 14.3 Å². The highest BCUT2D eigenvalue weighted by molar-refractivity contribution is 7.83. The highest BCUT2D eigenvalue weighted by Crippen LogP contribution is 2.33. The van der Waals surface area contributed by atoms with Gasteiger partial charge in [-0.2, -0.15) is 13.2 Å². The van der Waals surface area contributed by atoms with Crippen LogP contribution >= 0.6 is 0 Å². The smallest absolute Gasteiger partial charge is 0.417 e. The Hall–Kier alpha value is -3.86. The monoisotopic (exact) mass is 559 g/mol. The summed E-state index contributed by atoms with van der Waals surface area (Å²) < 4.78 is 60.1. The summed E-state index contributed by atoms with van der Waals surface area (Å²) in [7, 11) is -0.953. The van der Waals surface area contributed by atoms with E-state index in [0.29, 0.717) is 17.1 Å². The molecular weight excluding hydrogens is 531 g/mol. The van der Waals surface area contributed by atoms with Crippen molar-refractivity contribution in [3.8, 4) is 5.75 Å². The summed E-state index contributed by atoms with van der Waals surface area (Å²) in [6.45, 7) is 0. The van der Waals surface area contributed by atoms with Gasteiger partial charge in [-0.05, 0) is 67.4 Å². The second-order valence-electron chi connectivity index (χ2n) is 9.12. The number of halogens is 3. The Morgan fingerprint density at radius 2 is 1.62 bits per heavy atom. The van der Waals surface area contributed by atoms with Crippen molar-refractivity contribution in [2.24, 2.45) is 0 Å². The molecule has 0 bridgehead atoms. The quantitative estimate of drug-likeness (QED) is 0.307. The molecule has 3 aromatic rings. The van der Waals surface area contributed by atoms with Crippen LogP contribution in [-0.2, 0) is 17.2 Å². The summed E-state index contributed by atoms with van der Waals surface area (Å²) in [5.74, 6) is -0.754. The van der Waals surface area contributed by atoms with Gasteiger partial charge in [-0.15, -0.1) is 0 Å². The first-order valence-electron chi connectivity index (χ1n) is 12.4. The van der Waals surface area contributed by atoms with Crippen molar-refractivity contribution in [1.29, 1.82) is 0 Å². The third-order valence-electron chi connectivity index (χ3n) is 6.42. The fourth-order valence-electron chi connectivity index (χ4n) is 4.40. The molecule has 3 aromatic carbocycles. The fourth-order valence-corrected chi connectivity index (χ4v) is 5.38. The van der Waals surface area contributed by atoms with Crippen molar-refractivity contribution in [2.75, 3.05) is 17.7 Å². The van der Waals surface area contributed by atoms with Gasteiger partial charge in [0.15, 0.2) is 11.0 Å². The first-order valence-corrected chi connectivity index (χ1v) is 13.6. The van der Waals surface area contributed by atoms with Crippen LogP contribution in [0, 0.1) is 0 Å². The zero-order valence-electron chi connectivity index (χ0n) is 21.1. The number of hydrogen-bond donors (Lipinski definition) is 3. The maximum Gasteiger partial charge on any atom is 0.417 e. The van der Waals surface area contributed by atoms with E-state index in [-0.39, 0.29) is 17.2 Å². The number of ether oxygens (including phenoxy) is 1. The number of carbonyl (C=O) groups excluding carboxylic acids is 2. The first-order chi connectivity index (χ1) is 18.7. The van der Waals surface area contributed by atoms with Crippen LogP contribution in [0.25, 0.3) is 0 Å². The summed E-state index contributed by atoms with van der Waals surface area (Å²) in [5, 5.41) is 6.19. The maximum absolute atomic E-state index is 13.4. The molecule has 11 heteroatoms. The fraction of sp³-hybridized carbons (Fsp3) is 0.286. The van der Waals surface area contributed by atoms with Gasteiger partial charge in [0.05, 0.1) is 23.1 Å². The molecule has 0 spiro atoms. The van der Waals surface area contributed by atoms with Crippen LogP contribution in [0.2, 0.25) is 0 Å².